The standard InChI is InChI=1S/C31H22ClNO4/c1-19-14-15-26-24(16-19)29(34)27-28(20-9-7-12-23(17-20)36-22-10-3-2-4-11-22)33(31(35)30(27)37-26)18-21-8-5-6-13-25(21)32/h2-17,28H,18H2,1H3. The Kier molecular flexibility index (Phi) is 5.78. The summed E-state index contributed by atoms with van der Waals surface area (Å²) in [6, 6.07) is 29.0. The van der Waals surface area contributed by atoms with Gasteiger partial charge in [0, 0.05) is 11.6 Å². The number of halogens is 1. The van der Waals surface area contributed by atoms with E-state index in [1.807, 2.05) is 85.8 Å². The van der Waals surface area contributed by atoms with Crippen molar-refractivity contribution in [2.24, 2.45) is 0 Å². The highest BCUT2D eigenvalue weighted by Crippen LogP contribution is 2.41. The van der Waals surface area contributed by atoms with E-state index < -0.39 is 6.04 Å². The minimum absolute atomic E-state index is 0.0628. The van der Waals surface area contributed by atoms with Gasteiger partial charge in [0.1, 0.15) is 17.1 Å². The van der Waals surface area contributed by atoms with Gasteiger partial charge in [0.05, 0.1) is 17.0 Å². The van der Waals surface area contributed by atoms with Crippen molar-refractivity contribution in [3.8, 4) is 11.5 Å². The Morgan fingerprint density at radius 2 is 1.62 bits per heavy atom. The van der Waals surface area contributed by atoms with Crippen molar-refractivity contribution < 1.29 is 13.9 Å². The van der Waals surface area contributed by atoms with Crippen molar-refractivity contribution in [1.82, 2.24) is 4.90 Å². The molecule has 1 aliphatic heterocycles. The summed E-state index contributed by atoms with van der Waals surface area (Å²) in [5.74, 6) is 1.00. The van der Waals surface area contributed by atoms with E-state index in [0.717, 1.165) is 16.7 Å². The quantitative estimate of drug-likeness (QED) is 0.250. The average molecular weight is 508 g/mol. The van der Waals surface area contributed by atoms with Crippen LogP contribution in [0.5, 0.6) is 11.5 Å². The van der Waals surface area contributed by atoms with Crippen molar-refractivity contribution in [1.29, 1.82) is 0 Å². The topological polar surface area (TPSA) is 59.8 Å². The van der Waals surface area contributed by atoms with E-state index in [0.29, 0.717) is 33.1 Å². The first-order chi connectivity index (χ1) is 18.0. The van der Waals surface area contributed by atoms with Crippen molar-refractivity contribution in [3.63, 3.8) is 0 Å². The SMILES string of the molecule is Cc1ccc2oc3c(c(=O)c2c1)C(c1cccc(Oc2ccccc2)c1)N(Cc1ccccc1Cl)C3=O. The highest BCUT2D eigenvalue weighted by atomic mass is 35.5. The number of carbonyl (C=O) groups is 1. The van der Waals surface area contributed by atoms with E-state index in [2.05, 4.69) is 0 Å². The zero-order valence-corrected chi connectivity index (χ0v) is 20.7. The van der Waals surface area contributed by atoms with Crippen LogP contribution in [0.15, 0.2) is 106 Å². The number of rotatable bonds is 5. The van der Waals surface area contributed by atoms with Crippen LogP contribution in [0.4, 0.5) is 0 Å². The van der Waals surface area contributed by atoms with Crippen molar-refractivity contribution in [2.45, 2.75) is 19.5 Å². The van der Waals surface area contributed by atoms with Gasteiger partial charge in [-0.15, -0.1) is 0 Å². The molecule has 5 nitrogen and oxygen atoms in total. The molecule has 37 heavy (non-hydrogen) atoms. The van der Waals surface area contributed by atoms with E-state index in [9.17, 15) is 9.59 Å². The first kappa shape index (κ1) is 23.1. The van der Waals surface area contributed by atoms with E-state index in [1.54, 1.807) is 23.1 Å². The Balaban J connectivity index is 1.52. The number of carbonyl (C=O) groups excluding carboxylic acids is 1. The number of para-hydroxylation sites is 1. The van der Waals surface area contributed by atoms with Crippen LogP contribution < -0.4 is 10.2 Å². The van der Waals surface area contributed by atoms with Gasteiger partial charge in [0.2, 0.25) is 5.76 Å². The third-order valence-electron chi connectivity index (χ3n) is 6.57. The van der Waals surface area contributed by atoms with Gasteiger partial charge in [0.25, 0.3) is 5.91 Å². The van der Waals surface area contributed by atoms with E-state index >= 15 is 0 Å². The maximum atomic E-state index is 13.8. The Morgan fingerprint density at radius 3 is 2.43 bits per heavy atom. The number of ether oxygens (including phenoxy) is 1. The molecule has 1 unspecified atom stereocenters. The third-order valence-corrected chi connectivity index (χ3v) is 6.94. The highest BCUT2D eigenvalue weighted by molar-refractivity contribution is 6.31. The summed E-state index contributed by atoms with van der Waals surface area (Å²) in [5, 5.41) is 0.999. The number of hydrogen-bond donors (Lipinski definition) is 0. The van der Waals surface area contributed by atoms with Gasteiger partial charge in [-0.3, -0.25) is 9.59 Å². The van der Waals surface area contributed by atoms with Crippen LogP contribution in [-0.4, -0.2) is 10.8 Å². The molecule has 0 fully saturated rings. The summed E-state index contributed by atoms with van der Waals surface area (Å²) >= 11 is 6.46. The van der Waals surface area contributed by atoms with Crippen molar-refractivity contribution in [3.05, 3.63) is 140 Å². The molecule has 0 spiro atoms. The molecular weight excluding hydrogens is 486 g/mol. The average Bonchev–Trinajstić information content (AvgIpc) is 3.18. The van der Waals surface area contributed by atoms with Crippen LogP contribution in [0.3, 0.4) is 0 Å². The fraction of sp³-hybridized carbons (Fsp3) is 0.0968. The molecular formula is C31H22ClNO4. The zero-order valence-electron chi connectivity index (χ0n) is 20.0. The Labute approximate surface area is 218 Å². The van der Waals surface area contributed by atoms with Gasteiger partial charge in [-0.2, -0.15) is 0 Å². The van der Waals surface area contributed by atoms with Crippen LogP contribution in [0.25, 0.3) is 11.0 Å². The third kappa shape index (κ3) is 4.17. The molecule has 0 saturated carbocycles. The number of nitrogens with zero attached hydrogens (tertiary/aromatic N) is 1. The molecule has 1 aromatic heterocycles. The monoisotopic (exact) mass is 507 g/mol. The number of benzene rings is 4. The lowest BCUT2D eigenvalue weighted by Crippen LogP contribution is -2.29. The first-order valence-electron chi connectivity index (χ1n) is 11.9. The summed E-state index contributed by atoms with van der Waals surface area (Å²) in [6.45, 7) is 2.13. The molecule has 0 aliphatic carbocycles. The lowest BCUT2D eigenvalue weighted by Gasteiger charge is -2.26. The highest BCUT2D eigenvalue weighted by Gasteiger charge is 2.43. The predicted octanol–water partition coefficient (Wildman–Crippen LogP) is 7.29. The number of aryl methyl sites for hydroxylation is 1. The van der Waals surface area contributed by atoms with Crippen molar-refractivity contribution >= 4 is 28.5 Å². The summed E-state index contributed by atoms with van der Waals surface area (Å²) in [7, 11) is 0. The first-order valence-corrected chi connectivity index (χ1v) is 12.3. The molecule has 0 N–H and O–H groups in total. The molecule has 1 aliphatic rings. The van der Waals surface area contributed by atoms with E-state index in [4.69, 9.17) is 20.8 Å². The molecule has 6 rings (SSSR count). The fourth-order valence-electron chi connectivity index (χ4n) is 4.83. The van der Waals surface area contributed by atoms with E-state index in [-0.39, 0.29) is 23.6 Å². The van der Waals surface area contributed by atoms with Gasteiger partial charge in [-0.25, -0.2) is 0 Å². The summed E-state index contributed by atoms with van der Waals surface area (Å²) in [6.07, 6.45) is 0. The lowest BCUT2D eigenvalue weighted by molar-refractivity contribution is 0.0714. The fourth-order valence-corrected chi connectivity index (χ4v) is 5.02. The van der Waals surface area contributed by atoms with Gasteiger partial charge in [-0.1, -0.05) is 71.8 Å². The van der Waals surface area contributed by atoms with Crippen LogP contribution in [0, 0.1) is 6.92 Å². The summed E-state index contributed by atoms with van der Waals surface area (Å²) in [4.78, 5) is 29.2. The Hall–Kier alpha value is -4.35. The minimum atomic E-state index is -0.667. The maximum Gasteiger partial charge on any atom is 0.291 e. The van der Waals surface area contributed by atoms with Crippen LogP contribution in [0.2, 0.25) is 5.02 Å². The largest absolute Gasteiger partial charge is 0.457 e. The molecule has 5 aromatic rings. The predicted molar refractivity (Wildman–Crippen MR) is 143 cm³/mol. The molecule has 6 heteroatoms. The molecule has 0 saturated heterocycles. The van der Waals surface area contributed by atoms with Crippen LogP contribution in [0.1, 0.15) is 38.9 Å². The Bertz CT molecular complexity index is 1710. The zero-order chi connectivity index (χ0) is 25.5. The van der Waals surface area contributed by atoms with Gasteiger partial charge < -0.3 is 14.1 Å². The maximum absolute atomic E-state index is 13.8. The normalized spacial score (nSPS) is 14.7. The molecule has 4 aromatic carbocycles. The number of hydrogen-bond acceptors (Lipinski definition) is 4. The summed E-state index contributed by atoms with van der Waals surface area (Å²) in [5.41, 5.74) is 2.96. The van der Waals surface area contributed by atoms with Gasteiger partial charge in [0.15, 0.2) is 5.43 Å². The number of fused-ring (bicyclic) bond motifs is 2. The lowest BCUT2D eigenvalue weighted by atomic mass is 9.97. The van der Waals surface area contributed by atoms with E-state index in [1.165, 1.54) is 0 Å². The van der Waals surface area contributed by atoms with Gasteiger partial charge in [-0.05, 0) is 60.5 Å². The van der Waals surface area contributed by atoms with Crippen LogP contribution in [-0.2, 0) is 6.54 Å². The smallest absolute Gasteiger partial charge is 0.291 e. The molecule has 1 amide bonds. The second-order valence-corrected chi connectivity index (χ2v) is 9.50. The number of amides is 1. The molecule has 0 radical (unpaired) electrons. The van der Waals surface area contributed by atoms with Crippen LogP contribution >= 0.6 is 11.6 Å². The molecule has 182 valence electrons. The van der Waals surface area contributed by atoms with Gasteiger partial charge >= 0.3 is 0 Å². The summed E-state index contributed by atoms with van der Waals surface area (Å²) < 4.78 is 12.1. The molecule has 0 bridgehead atoms. The second kappa shape index (κ2) is 9.26. The molecule has 1 atom stereocenters. The minimum Gasteiger partial charge on any atom is -0.457 e. The molecule has 2 heterocycles. The van der Waals surface area contributed by atoms with Crippen molar-refractivity contribution in [2.75, 3.05) is 0 Å². The Morgan fingerprint density at radius 1 is 0.865 bits per heavy atom. The second-order valence-electron chi connectivity index (χ2n) is 9.09.